The van der Waals surface area contributed by atoms with E-state index in [0.717, 1.165) is 23.8 Å². The molecule has 3 rings (SSSR count). The Balaban J connectivity index is 1.82. The average molecular weight is 424 g/mol. The number of carbonyl (C=O) groups excluding carboxylic acids is 2. The Morgan fingerprint density at radius 3 is 2.48 bits per heavy atom. The Morgan fingerprint density at radius 2 is 1.90 bits per heavy atom. The molecule has 0 radical (unpaired) electrons. The van der Waals surface area contributed by atoms with E-state index < -0.39 is 16.1 Å². The molecular weight excluding hydrogens is 394 g/mol. The summed E-state index contributed by atoms with van der Waals surface area (Å²) in [7, 11) is -0.590. The van der Waals surface area contributed by atoms with Crippen LogP contribution in [-0.4, -0.2) is 93.7 Å². The Labute approximate surface area is 172 Å². The van der Waals surface area contributed by atoms with Crippen LogP contribution in [0.25, 0.3) is 0 Å². The SMILES string of the molecule is CN1CCN(C(=O)[C@H](CN)N(C)S(=O)(=O)c2cccc(N3CCCC3=O)c2)CC1. The minimum Gasteiger partial charge on any atom is -0.339 e. The number of nitrogens with zero attached hydrogens (tertiary/aromatic N) is 4. The second-order valence-electron chi connectivity index (χ2n) is 7.55. The number of amides is 2. The summed E-state index contributed by atoms with van der Waals surface area (Å²) in [5, 5.41) is 0. The highest BCUT2D eigenvalue weighted by molar-refractivity contribution is 7.89. The molecule has 2 aliphatic heterocycles. The highest BCUT2D eigenvalue weighted by Crippen LogP contribution is 2.26. The van der Waals surface area contributed by atoms with Gasteiger partial charge in [-0.15, -0.1) is 0 Å². The molecule has 1 aromatic rings. The van der Waals surface area contributed by atoms with E-state index in [1.807, 2.05) is 7.05 Å². The molecule has 2 fully saturated rings. The summed E-state index contributed by atoms with van der Waals surface area (Å²) in [6.07, 6.45) is 1.22. The number of benzene rings is 1. The van der Waals surface area contributed by atoms with Crippen LogP contribution < -0.4 is 10.6 Å². The van der Waals surface area contributed by atoms with Crippen molar-refractivity contribution in [2.45, 2.75) is 23.8 Å². The Hall–Kier alpha value is -2.01. The number of rotatable bonds is 6. The van der Waals surface area contributed by atoms with E-state index in [1.165, 1.54) is 19.2 Å². The van der Waals surface area contributed by atoms with Crippen molar-refractivity contribution >= 4 is 27.5 Å². The molecule has 0 aliphatic carbocycles. The molecule has 2 heterocycles. The molecule has 0 saturated carbocycles. The highest BCUT2D eigenvalue weighted by atomic mass is 32.2. The second kappa shape index (κ2) is 8.78. The normalized spacial score (nSPS) is 19.8. The number of likely N-dealkylation sites (N-methyl/N-ethyl adjacent to an activating group) is 2. The summed E-state index contributed by atoms with van der Waals surface area (Å²) in [4.78, 5) is 30.4. The zero-order valence-corrected chi connectivity index (χ0v) is 17.8. The molecule has 0 bridgehead atoms. The summed E-state index contributed by atoms with van der Waals surface area (Å²) in [6, 6.07) is 5.33. The standard InChI is InChI=1S/C19H29N5O4S/c1-21-9-11-23(12-10-21)19(26)17(14-20)22(2)29(27,28)16-6-3-5-15(13-16)24-8-4-7-18(24)25/h3,5-6,13,17H,4,7-12,14,20H2,1-2H3/t17-/m0/s1. The molecule has 1 aromatic carbocycles. The summed E-state index contributed by atoms with van der Waals surface area (Å²) in [6.45, 7) is 3.05. The van der Waals surface area contributed by atoms with Crippen molar-refractivity contribution in [3.8, 4) is 0 Å². The first kappa shape index (κ1) is 21.7. The number of nitrogens with two attached hydrogens (primary N) is 1. The molecule has 9 nitrogen and oxygen atoms in total. The molecule has 0 unspecified atom stereocenters. The van der Waals surface area contributed by atoms with E-state index in [9.17, 15) is 18.0 Å². The lowest BCUT2D eigenvalue weighted by atomic mass is 10.2. The Kier molecular flexibility index (Phi) is 6.57. The number of hydrogen-bond acceptors (Lipinski definition) is 6. The van der Waals surface area contributed by atoms with Gasteiger partial charge in [0.05, 0.1) is 4.90 Å². The van der Waals surface area contributed by atoms with Crippen molar-refractivity contribution in [3.05, 3.63) is 24.3 Å². The van der Waals surface area contributed by atoms with E-state index >= 15 is 0 Å². The Bertz CT molecular complexity index is 867. The van der Waals surface area contributed by atoms with Crippen LogP contribution in [0.2, 0.25) is 0 Å². The predicted octanol–water partition coefficient (Wildman–Crippen LogP) is -0.465. The number of hydrogen-bond donors (Lipinski definition) is 1. The number of piperazine rings is 1. The number of anilines is 1. The molecule has 2 aliphatic rings. The van der Waals surface area contributed by atoms with Crippen molar-refractivity contribution in [3.63, 3.8) is 0 Å². The lowest BCUT2D eigenvalue weighted by Crippen LogP contribution is -2.56. The van der Waals surface area contributed by atoms with Crippen LogP contribution in [0.3, 0.4) is 0 Å². The van der Waals surface area contributed by atoms with Crippen LogP contribution in [0, 0.1) is 0 Å². The quantitative estimate of drug-likeness (QED) is 0.663. The van der Waals surface area contributed by atoms with Crippen molar-refractivity contribution in [1.29, 1.82) is 0 Å². The minimum absolute atomic E-state index is 0.0158. The molecular formula is C19H29N5O4S. The molecule has 2 amide bonds. The zero-order valence-electron chi connectivity index (χ0n) is 17.0. The largest absolute Gasteiger partial charge is 0.339 e. The first-order chi connectivity index (χ1) is 13.8. The van der Waals surface area contributed by atoms with E-state index in [2.05, 4.69) is 4.90 Å². The fraction of sp³-hybridized carbons (Fsp3) is 0.579. The molecule has 2 N–H and O–H groups in total. The summed E-state index contributed by atoms with van der Waals surface area (Å²) >= 11 is 0. The minimum atomic E-state index is -3.96. The molecule has 2 saturated heterocycles. The highest BCUT2D eigenvalue weighted by Gasteiger charge is 2.35. The van der Waals surface area contributed by atoms with Gasteiger partial charge in [-0.25, -0.2) is 8.42 Å². The van der Waals surface area contributed by atoms with Gasteiger partial charge in [-0.3, -0.25) is 9.59 Å². The molecule has 0 aromatic heterocycles. The topological polar surface area (TPSA) is 107 Å². The zero-order chi connectivity index (χ0) is 21.2. The lowest BCUT2D eigenvalue weighted by molar-refractivity contribution is -0.136. The van der Waals surface area contributed by atoms with E-state index in [4.69, 9.17) is 5.73 Å². The van der Waals surface area contributed by atoms with Crippen LogP contribution in [0.15, 0.2) is 29.2 Å². The third-order valence-corrected chi connectivity index (χ3v) is 7.50. The molecule has 160 valence electrons. The predicted molar refractivity (Wildman–Crippen MR) is 110 cm³/mol. The fourth-order valence-electron chi connectivity index (χ4n) is 3.71. The maximum absolute atomic E-state index is 13.2. The molecule has 0 spiro atoms. The van der Waals surface area contributed by atoms with Gasteiger partial charge >= 0.3 is 0 Å². The van der Waals surface area contributed by atoms with Gasteiger partial charge in [-0.1, -0.05) is 6.07 Å². The van der Waals surface area contributed by atoms with Crippen molar-refractivity contribution in [1.82, 2.24) is 14.1 Å². The van der Waals surface area contributed by atoms with Crippen molar-refractivity contribution in [2.75, 3.05) is 58.3 Å². The van der Waals surface area contributed by atoms with E-state index in [-0.39, 0.29) is 23.3 Å². The fourth-order valence-corrected chi connectivity index (χ4v) is 5.07. The van der Waals surface area contributed by atoms with Gasteiger partial charge in [-0.2, -0.15) is 4.31 Å². The first-order valence-corrected chi connectivity index (χ1v) is 11.3. The molecule has 1 atom stereocenters. The second-order valence-corrected chi connectivity index (χ2v) is 9.55. The maximum atomic E-state index is 13.2. The third kappa shape index (κ3) is 4.45. The smallest absolute Gasteiger partial charge is 0.243 e. The molecule has 10 heteroatoms. The number of sulfonamides is 1. The van der Waals surface area contributed by atoms with Crippen LogP contribution in [0.4, 0.5) is 5.69 Å². The lowest BCUT2D eigenvalue weighted by Gasteiger charge is -2.36. The van der Waals surface area contributed by atoms with Gasteiger partial charge in [0.15, 0.2) is 0 Å². The summed E-state index contributed by atoms with van der Waals surface area (Å²) in [5.41, 5.74) is 6.37. The van der Waals surface area contributed by atoms with E-state index in [1.54, 1.807) is 21.9 Å². The first-order valence-electron chi connectivity index (χ1n) is 9.81. The van der Waals surface area contributed by atoms with Gasteiger partial charge < -0.3 is 20.4 Å². The third-order valence-electron chi connectivity index (χ3n) is 5.64. The van der Waals surface area contributed by atoms with E-state index in [0.29, 0.717) is 31.7 Å². The Morgan fingerprint density at radius 1 is 1.21 bits per heavy atom. The summed E-state index contributed by atoms with van der Waals surface area (Å²) < 4.78 is 27.5. The summed E-state index contributed by atoms with van der Waals surface area (Å²) in [5.74, 6) is -0.296. The average Bonchev–Trinajstić information content (AvgIpc) is 3.15. The van der Waals surface area contributed by atoms with Gasteiger partial charge in [0, 0.05) is 58.4 Å². The van der Waals surface area contributed by atoms with Gasteiger partial charge in [0.25, 0.3) is 0 Å². The van der Waals surface area contributed by atoms with Gasteiger partial charge in [0.2, 0.25) is 21.8 Å². The van der Waals surface area contributed by atoms with Crippen molar-refractivity contribution < 1.29 is 18.0 Å². The van der Waals surface area contributed by atoms with Crippen LogP contribution in [0.1, 0.15) is 12.8 Å². The number of carbonyl (C=O) groups is 2. The van der Waals surface area contributed by atoms with Crippen LogP contribution in [0.5, 0.6) is 0 Å². The van der Waals surface area contributed by atoms with Crippen LogP contribution >= 0.6 is 0 Å². The van der Waals surface area contributed by atoms with Gasteiger partial charge in [-0.05, 0) is 31.7 Å². The monoisotopic (exact) mass is 423 g/mol. The van der Waals surface area contributed by atoms with Crippen molar-refractivity contribution in [2.24, 2.45) is 5.73 Å². The van der Waals surface area contributed by atoms with Gasteiger partial charge in [0.1, 0.15) is 6.04 Å². The molecule has 29 heavy (non-hydrogen) atoms. The maximum Gasteiger partial charge on any atom is 0.243 e. The van der Waals surface area contributed by atoms with Crippen LogP contribution in [-0.2, 0) is 19.6 Å².